The summed E-state index contributed by atoms with van der Waals surface area (Å²) in [5, 5.41) is 4.22. The minimum absolute atomic E-state index is 0.0207. The van der Waals surface area contributed by atoms with Crippen molar-refractivity contribution in [3.05, 3.63) is 82.5 Å². The molecule has 2 aliphatic heterocycles. The third kappa shape index (κ3) is 4.92. The molecule has 3 N–H and O–H groups in total. The molecular formula is C27H29ClN6O3. The number of carbonyl (C=O) groups is 2. The van der Waals surface area contributed by atoms with Crippen molar-refractivity contribution in [2.75, 3.05) is 55.5 Å². The summed E-state index contributed by atoms with van der Waals surface area (Å²) >= 11 is 6.17. The number of hydrogen-bond acceptors (Lipinski definition) is 8. The SMILES string of the molecule is COC(=O)c1ccc(C(N)C(=O)N2CCN(c3ccc(C4Nc5ccc(Cl)cc5N4C)cn3)CC2)cc1. The first-order valence-corrected chi connectivity index (χ1v) is 12.5. The molecule has 0 aliphatic carbocycles. The molecule has 1 amide bonds. The molecule has 5 rings (SSSR count). The summed E-state index contributed by atoms with van der Waals surface area (Å²) in [7, 11) is 3.36. The monoisotopic (exact) mass is 520 g/mol. The van der Waals surface area contributed by atoms with Gasteiger partial charge in [-0.2, -0.15) is 0 Å². The van der Waals surface area contributed by atoms with E-state index in [2.05, 4.69) is 21.2 Å². The number of aromatic nitrogens is 1. The molecule has 2 aromatic carbocycles. The molecular weight excluding hydrogens is 492 g/mol. The summed E-state index contributed by atoms with van der Waals surface area (Å²) in [5.41, 5.74) is 10.5. The summed E-state index contributed by atoms with van der Waals surface area (Å²) < 4.78 is 4.72. The first-order chi connectivity index (χ1) is 17.9. The summed E-state index contributed by atoms with van der Waals surface area (Å²) in [6.07, 6.45) is 1.87. The highest BCUT2D eigenvalue weighted by atomic mass is 35.5. The van der Waals surface area contributed by atoms with Gasteiger partial charge in [0.25, 0.3) is 0 Å². The average molecular weight is 521 g/mol. The van der Waals surface area contributed by atoms with Crippen LogP contribution in [0.5, 0.6) is 0 Å². The van der Waals surface area contributed by atoms with Gasteiger partial charge in [-0.25, -0.2) is 9.78 Å². The normalized spacial score (nSPS) is 17.7. The molecule has 0 bridgehead atoms. The van der Waals surface area contributed by atoms with E-state index in [-0.39, 0.29) is 12.1 Å². The quantitative estimate of drug-likeness (QED) is 0.493. The lowest BCUT2D eigenvalue weighted by atomic mass is 10.0. The minimum Gasteiger partial charge on any atom is -0.465 e. The van der Waals surface area contributed by atoms with E-state index in [1.807, 2.05) is 37.5 Å². The number of rotatable bonds is 5. The lowest BCUT2D eigenvalue weighted by molar-refractivity contribution is -0.133. The Morgan fingerprint density at radius 2 is 1.81 bits per heavy atom. The summed E-state index contributed by atoms with van der Waals surface area (Å²) in [5.74, 6) is 0.314. The molecule has 10 heteroatoms. The first-order valence-electron chi connectivity index (χ1n) is 12.1. The number of pyridine rings is 1. The van der Waals surface area contributed by atoms with E-state index in [0.29, 0.717) is 42.3 Å². The fraction of sp³-hybridized carbons (Fsp3) is 0.296. The van der Waals surface area contributed by atoms with Gasteiger partial charge in [0.05, 0.1) is 24.0 Å². The van der Waals surface area contributed by atoms with Crippen LogP contribution in [0.2, 0.25) is 5.02 Å². The van der Waals surface area contributed by atoms with Gasteiger partial charge < -0.3 is 30.5 Å². The summed E-state index contributed by atoms with van der Waals surface area (Å²) in [6.45, 7) is 2.44. The topological polar surface area (TPSA) is 104 Å². The molecule has 9 nitrogen and oxygen atoms in total. The zero-order chi connectivity index (χ0) is 26.1. The molecule has 2 aliphatic rings. The van der Waals surface area contributed by atoms with Crippen molar-refractivity contribution in [1.29, 1.82) is 0 Å². The van der Waals surface area contributed by atoms with Crippen molar-refractivity contribution in [3.8, 4) is 0 Å². The molecule has 2 unspecified atom stereocenters. The molecule has 3 aromatic rings. The molecule has 1 saturated heterocycles. The van der Waals surface area contributed by atoms with Crippen molar-refractivity contribution in [2.45, 2.75) is 12.2 Å². The van der Waals surface area contributed by atoms with E-state index in [1.165, 1.54) is 7.11 Å². The van der Waals surface area contributed by atoms with Gasteiger partial charge in [0, 0.05) is 50.0 Å². The number of nitrogens with one attached hydrogen (secondary N) is 1. The van der Waals surface area contributed by atoms with Crippen LogP contribution < -0.4 is 20.9 Å². The van der Waals surface area contributed by atoms with Crippen molar-refractivity contribution < 1.29 is 14.3 Å². The van der Waals surface area contributed by atoms with Gasteiger partial charge in [0.2, 0.25) is 5.91 Å². The van der Waals surface area contributed by atoms with Crippen molar-refractivity contribution >= 4 is 40.7 Å². The highest BCUT2D eigenvalue weighted by molar-refractivity contribution is 6.31. The number of nitrogens with two attached hydrogens (primary N) is 1. The molecule has 0 saturated carbocycles. The lowest BCUT2D eigenvalue weighted by Crippen LogP contribution is -2.51. The Kier molecular flexibility index (Phi) is 6.90. The number of piperazine rings is 1. The molecule has 1 aromatic heterocycles. The maximum absolute atomic E-state index is 13.0. The second-order valence-corrected chi connectivity index (χ2v) is 9.61. The Labute approximate surface area is 220 Å². The number of nitrogens with zero attached hydrogens (tertiary/aromatic N) is 4. The zero-order valence-corrected chi connectivity index (χ0v) is 21.5. The number of halogens is 1. The first kappa shape index (κ1) is 24.9. The number of amides is 1. The Bertz CT molecular complexity index is 1290. The zero-order valence-electron chi connectivity index (χ0n) is 20.7. The maximum Gasteiger partial charge on any atom is 0.337 e. The molecule has 0 spiro atoms. The van der Waals surface area contributed by atoms with Crippen LogP contribution in [0.25, 0.3) is 0 Å². The fourth-order valence-electron chi connectivity index (χ4n) is 4.79. The standard InChI is InChI=1S/C27H29ClN6O3/c1-32-22-15-20(28)8-9-21(22)31-25(32)19-7-10-23(30-16-19)33-11-13-34(14-12-33)26(35)24(29)17-3-5-18(6-4-17)27(36)37-2/h3-10,15-16,24-25,31H,11-14,29H2,1-2H3. The smallest absolute Gasteiger partial charge is 0.337 e. The van der Waals surface area contributed by atoms with Crippen molar-refractivity contribution in [1.82, 2.24) is 9.88 Å². The average Bonchev–Trinajstić information content (AvgIpc) is 3.27. The van der Waals surface area contributed by atoms with Crippen molar-refractivity contribution in [2.24, 2.45) is 5.73 Å². The van der Waals surface area contributed by atoms with E-state index in [4.69, 9.17) is 27.1 Å². The molecule has 0 radical (unpaired) electrons. The Morgan fingerprint density at radius 3 is 2.46 bits per heavy atom. The van der Waals surface area contributed by atoms with Crippen LogP contribution >= 0.6 is 11.6 Å². The second-order valence-electron chi connectivity index (χ2n) is 9.17. The minimum atomic E-state index is -0.787. The van der Waals surface area contributed by atoms with Crippen LogP contribution in [0.3, 0.4) is 0 Å². The van der Waals surface area contributed by atoms with Crippen LogP contribution in [-0.2, 0) is 9.53 Å². The maximum atomic E-state index is 13.0. The molecule has 2 atom stereocenters. The number of carbonyl (C=O) groups excluding carboxylic acids is 2. The number of ether oxygens (including phenoxy) is 1. The van der Waals surface area contributed by atoms with Gasteiger partial charge in [0.15, 0.2) is 0 Å². The number of benzene rings is 2. The third-order valence-electron chi connectivity index (χ3n) is 6.98. The van der Waals surface area contributed by atoms with Gasteiger partial charge in [0.1, 0.15) is 18.0 Å². The van der Waals surface area contributed by atoms with Crippen LogP contribution in [-0.4, -0.2) is 62.1 Å². The predicted octanol–water partition coefficient (Wildman–Crippen LogP) is 3.43. The fourth-order valence-corrected chi connectivity index (χ4v) is 4.96. The van der Waals surface area contributed by atoms with Crippen LogP contribution in [0.15, 0.2) is 60.8 Å². The van der Waals surface area contributed by atoms with Gasteiger partial charge in [-0.3, -0.25) is 4.79 Å². The number of esters is 1. The van der Waals surface area contributed by atoms with Crippen LogP contribution in [0.4, 0.5) is 17.2 Å². The second kappa shape index (κ2) is 10.3. The number of fused-ring (bicyclic) bond motifs is 1. The van der Waals surface area contributed by atoms with Crippen molar-refractivity contribution in [3.63, 3.8) is 0 Å². The molecule has 37 heavy (non-hydrogen) atoms. The van der Waals surface area contributed by atoms with E-state index >= 15 is 0 Å². The van der Waals surface area contributed by atoms with Crippen LogP contribution in [0.1, 0.15) is 33.7 Å². The van der Waals surface area contributed by atoms with Gasteiger partial charge in [-0.1, -0.05) is 23.7 Å². The largest absolute Gasteiger partial charge is 0.465 e. The number of anilines is 3. The highest BCUT2D eigenvalue weighted by Gasteiger charge is 2.29. The summed E-state index contributed by atoms with van der Waals surface area (Å²) in [4.78, 5) is 35.5. The molecule has 1 fully saturated rings. The van der Waals surface area contributed by atoms with E-state index in [0.717, 1.165) is 22.8 Å². The molecule has 3 heterocycles. The number of methoxy groups -OCH3 is 1. The molecule has 192 valence electrons. The van der Waals surface area contributed by atoms with Gasteiger partial charge >= 0.3 is 5.97 Å². The Morgan fingerprint density at radius 1 is 1.08 bits per heavy atom. The van der Waals surface area contributed by atoms with Gasteiger partial charge in [-0.15, -0.1) is 0 Å². The Balaban J connectivity index is 1.18. The number of hydrogen-bond donors (Lipinski definition) is 2. The Hall–Kier alpha value is -3.82. The lowest BCUT2D eigenvalue weighted by Gasteiger charge is -2.36. The van der Waals surface area contributed by atoms with Crippen LogP contribution in [0, 0.1) is 0 Å². The third-order valence-corrected chi connectivity index (χ3v) is 7.21. The van der Waals surface area contributed by atoms with E-state index in [1.54, 1.807) is 29.2 Å². The summed E-state index contributed by atoms with van der Waals surface area (Å²) in [6, 6.07) is 15.8. The van der Waals surface area contributed by atoms with E-state index in [9.17, 15) is 9.59 Å². The predicted molar refractivity (Wildman–Crippen MR) is 144 cm³/mol. The highest BCUT2D eigenvalue weighted by Crippen LogP contribution is 2.41. The van der Waals surface area contributed by atoms with Gasteiger partial charge in [-0.05, 0) is 48.0 Å². The van der Waals surface area contributed by atoms with E-state index < -0.39 is 12.0 Å².